The van der Waals surface area contributed by atoms with Crippen LogP contribution in [0.1, 0.15) is 11.1 Å². The number of rotatable bonds is 3. The number of aryl methyl sites for hydroxylation is 1. The molecule has 0 radical (unpaired) electrons. The lowest BCUT2D eigenvalue weighted by molar-refractivity contribution is 0.640. The van der Waals surface area contributed by atoms with Crippen LogP contribution < -0.4 is 5.32 Å². The first-order valence-corrected chi connectivity index (χ1v) is 7.12. The molecule has 21 heavy (non-hydrogen) atoms. The van der Waals surface area contributed by atoms with Gasteiger partial charge >= 0.3 is 0 Å². The number of benzene rings is 3. The third-order valence-corrected chi connectivity index (χ3v) is 3.79. The van der Waals surface area contributed by atoms with E-state index in [0.29, 0.717) is 5.39 Å². The number of hydrogen-bond acceptors (Lipinski definition) is 1. The Morgan fingerprint density at radius 1 is 0.905 bits per heavy atom. The summed E-state index contributed by atoms with van der Waals surface area (Å²) in [6.45, 7) is 2.87. The van der Waals surface area contributed by atoms with Crippen molar-refractivity contribution in [2.45, 2.75) is 13.5 Å². The van der Waals surface area contributed by atoms with Gasteiger partial charge in [-0.05, 0) is 42.1 Å². The first kappa shape index (κ1) is 13.8. The van der Waals surface area contributed by atoms with Crippen LogP contribution in [0.25, 0.3) is 21.9 Å². The molecule has 3 aromatic rings. The zero-order valence-corrected chi connectivity index (χ0v) is 12.3. The molecular formula is C19H18FN. The predicted octanol–water partition coefficient (Wildman–Crippen LogP) is 4.67. The lowest BCUT2D eigenvalue weighted by Gasteiger charge is -2.13. The summed E-state index contributed by atoms with van der Waals surface area (Å²) in [5.74, 6) is -0.169. The van der Waals surface area contributed by atoms with E-state index in [1.165, 1.54) is 16.7 Å². The van der Waals surface area contributed by atoms with Gasteiger partial charge in [-0.15, -0.1) is 0 Å². The topological polar surface area (TPSA) is 12.0 Å². The maximum absolute atomic E-state index is 14.0. The molecule has 3 rings (SSSR count). The molecule has 0 spiro atoms. The molecular weight excluding hydrogens is 261 g/mol. The number of hydrogen-bond donors (Lipinski definition) is 1. The summed E-state index contributed by atoms with van der Waals surface area (Å²) in [4.78, 5) is 0. The van der Waals surface area contributed by atoms with E-state index in [1.54, 1.807) is 6.07 Å². The van der Waals surface area contributed by atoms with Crippen molar-refractivity contribution >= 4 is 10.8 Å². The van der Waals surface area contributed by atoms with Crippen LogP contribution in [0.3, 0.4) is 0 Å². The second-order valence-electron chi connectivity index (χ2n) is 5.33. The minimum Gasteiger partial charge on any atom is -0.316 e. The van der Waals surface area contributed by atoms with Gasteiger partial charge in [-0.25, -0.2) is 4.39 Å². The lowest BCUT2D eigenvalue weighted by Crippen LogP contribution is -2.06. The van der Waals surface area contributed by atoms with Crippen molar-refractivity contribution < 1.29 is 4.39 Å². The average Bonchev–Trinajstić information content (AvgIpc) is 2.50. The molecule has 0 amide bonds. The van der Waals surface area contributed by atoms with Crippen LogP contribution >= 0.6 is 0 Å². The summed E-state index contributed by atoms with van der Waals surface area (Å²) in [5.41, 5.74) is 4.68. The molecule has 106 valence electrons. The van der Waals surface area contributed by atoms with Gasteiger partial charge in [0.25, 0.3) is 0 Å². The minimum absolute atomic E-state index is 0.169. The van der Waals surface area contributed by atoms with Crippen LogP contribution in [0.15, 0.2) is 54.6 Å². The molecule has 0 fully saturated rings. The average molecular weight is 279 g/mol. The van der Waals surface area contributed by atoms with E-state index >= 15 is 0 Å². The van der Waals surface area contributed by atoms with Gasteiger partial charge in [-0.2, -0.15) is 0 Å². The van der Waals surface area contributed by atoms with Gasteiger partial charge < -0.3 is 5.32 Å². The second-order valence-corrected chi connectivity index (χ2v) is 5.33. The molecule has 0 aliphatic rings. The SMILES string of the molecule is CNCc1ccc(C)cc1-c1ccc(F)c2ccccc12. The quantitative estimate of drug-likeness (QED) is 0.734. The highest BCUT2D eigenvalue weighted by Crippen LogP contribution is 2.33. The first-order valence-electron chi connectivity index (χ1n) is 7.12. The van der Waals surface area contributed by atoms with Gasteiger partial charge in [-0.1, -0.05) is 54.1 Å². The third-order valence-electron chi connectivity index (χ3n) is 3.79. The van der Waals surface area contributed by atoms with Crippen LogP contribution in [-0.2, 0) is 6.54 Å². The van der Waals surface area contributed by atoms with E-state index < -0.39 is 0 Å². The molecule has 1 nitrogen and oxygen atoms in total. The smallest absolute Gasteiger partial charge is 0.131 e. The van der Waals surface area contributed by atoms with Crippen molar-refractivity contribution in [3.63, 3.8) is 0 Å². The summed E-state index contributed by atoms with van der Waals surface area (Å²) in [6.07, 6.45) is 0. The van der Waals surface area contributed by atoms with Crippen LogP contribution in [0.5, 0.6) is 0 Å². The van der Waals surface area contributed by atoms with Crippen LogP contribution in [0, 0.1) is 12.7 Å². The molecule has 3 aromatic carbocycles. The molecule has 0 saturated carbocycles. The summed E-state index contributed by atoms with van der Waals surface area (Å²) < 4.78 is 14.0. The van der Waals surface area contributed by atoms with E-state index in [9.17, 15) is 4.39 Å². The Morgan fingerprint density at radius 3 is 2.43 bits per heavy atom. The fourth-order valence-electron chi connectivity index (χ4n) is 2.78. The van der Waals surface area contributed by atoms with Crippen LogP contribution in [0.4, 0.5) is 4.39 Å². The third kappa shape index (κ3) is 2.55. The Labute approximate surface area is 124 Å². The lowest BCUT2D eigenvalue weighted by atomic mass is 9.93. The van der Waals surface area contributed by atoms with Gasteiger partial charge in [0.05, 0.1) is 0 Å². The zero-order chi connectivity index (χ0) is 14.8. The normalized spacial score (nSPS) is 11.0. The highest BCUT2D eigenvalue weighted by molar-refractivity contribution is 5.97. The summed E-state index contributed by atoms with van der Waals surface area (Å²) in [7, 11) is 1.94. The minimum atomic E-state index is -0.169. The summed E-state index contributed by atoms with van der Waals surface area (Å²) >= 11 is 0. The first-order chi connectivity index (χ1) is 10.2. The molecule has 0 aliphatic heterocycles. The standard InChI is InChI=1S/C19H18FN/c1-13-7-8-14(12-21-2)18(11-13)16-9-10-19(20)17-6-4-3-5-15(16)17/h3-11,21H,12H2,1-2H3. The molecule has 2 heteroatoms. The summed E-state index contributed by atoms with van der Waals surface area (Å²) in [6, 6.07) is 17.5. The highest BCUT2D eigenvalue weighted by atomic mass is 19.1. The zero-order valence-electron chi connectivity index (χ0n) is 12.3. The highest BCUT2D eigenvalue weighted by Gasteiger charge is 2.11. The maximum Gasteiger partial charge on any atom is 0.131 e. The Balaban J connectivity index is 2.30. The fourth-order valence-corrected chi connectivity index (χ4v) is 2.78. The van der Waals surface area contributed by atoms with Crippen molar-refractivity contribution in [2.24, 2.45) is 0 Å². The summed E-state index contributed by atoms with van der Waals surface area (Å²) in [5, 5.41) is 4.83. The number of fused-ring (bicyclic) bond motifs is 1. The van der Waals surface area contributed by atoms with E-state index in [1.807, 2.05) is 37.4 Å². The molecule has 0 saturated heterocycles. The molecule has 0 bridgehead atoms. The molecule has 0 aromatic heterocycles. The molecule has 0 heterocycles. The van der Waals surface area contributed by atoms with Crippen molar-refractivity contribution in [2.75, 3.05) is 7.05 Å². The van der Waals surface area contributed by atoms with Gasteiger partial charge in [0.1, 0.15) is 5.82 Å². The molecule has 0 aliphatic carbocycles. The van der Waals surface area contributed by atoms with Gasteiger partial charge in [0, 0.05) is 11.9 Å². The fraction of sp³-hybridized carbons (Fsp3) is 0.158. The monoisotopic (exact) mass is 279 g/mol. The molecule has 0 unspecified atom stereocenters. The van der Waals surface area contributed by atoms with Gasteiger partial charge in [0.2, 0.25) is 0 Å². The van der Waals surface area contributed by atoms with Crippen molar-refractivity contribution in [3.05, 3.63) is 71.5 Å². The Hall–Kier alpha value is -2.19. The molecule has 1 N–H and O–H groups in total. The number of nitrogens with one attached hydrogen (secondary N) is 1. The Morgan fingerprint density at radius 2 is 1.67 bits per heavy atom. The van der Waals surface area contributed by atoms with E-state index in [2.05, 4.69) is 30.4 Å². The van der Waals surface area contributed by atoms with Crippen molar-refractivity contribution in [3.8, 4) is 11.1 Å². The predicted molar refractivity (Wildman–Crippen MR) is 86.8 cm³/mol. The second kappa shape index (κ2) is 5.66. The molecule has 0 atom stereocenters. The van der Waals surface area contributed by atoms with Gasteiger partial charge in [0.15, 0.2) is 0 Å². The van der Waals surface area contributed by atoms with Crippen molar-refractivity contribution in [1.82, 2.24) is 5.32 Å². The van der Waals surface area contributed by atoms with Crippen LogP contribution in [0.2, 0.25) is 0 Å². The van der Waals surface area contributed by atoms with E-state index in [-0.39, 0.29) is 5.82 Å². The maximum atomic E-state index is 14.0. The van der Waals surface area contributed by atoms with E-state index in [0.717, 1.165) is 17.5 Å². The van der Waals surface area contributed by atoms with Gasteiger partial charge in [-0.3, -0.25) is 0 Å². The largest absolute Gasteiger partial charge is 0.316 e. The van der Waals surface area contributed by atoms with Crippen molar-refractivity contribution in [1.29, 1.82) is 0 Å². The number of halogens is 1. The Kier molecular flexibility index (Phi) is 3.72. The van der Waals surface area contributed by atoms with E-state index in [4.69, 9.17) is 0 Å². The van der Waals surface area contributed by atoms with Crippen LogP contribution in [-0.4, -0.2) is 7.05 Å². The Bertz CT molecular complexity index is 793.